The standard InChI is InChI=1S/C10H13N3O4/c1-6(14)8(9(15)16)13-10(17)12-7-3-2-4-11-5-7/h2-6,8,14H,1H3,(H,15,16)(H2,12,13,17). The van der Waals surface area contributed by atoms with Crippen molar-refractivity contribution >= 4 is 17.7 Å². The van der Waals surface area contributed by atoms with Crippen LogP contribution < -0.4 is 10.6 Å². The van der Waals surface area contributed by atoms with E-state index >= 15 is 0 Å². The Morgan fingerprint density at radius 2 is 2.18 bits per heavy atom. The molecule has 0 spiro atoms. The fourth-order valence-electron chi connectivity index (χ4n) is 1.13. The number of nitrogens with zero attached hydrogens (tertiary/aromatic N) is 1. The van der Waals surface area contributed by atoms with Crippen LogP contribution in [0.4, 0.5) is 10.5 Å². The van der Waals surface area contributed by atoms with E-state index in [1.54, 1.807) is 18.3 Å². The van der Waals surface area contributed by atoms with Gasteiger partial charge >= 0.3 is 12.0 Å². The Hall–Kier alpha value is -2.15. The number of aromatic nitrogens is 1. The molecule has 2 atom stereocenters. The molecule has 0 aromatic carbocycles. The van der Waals surface area contributed by atoms with Crippen LogP contribution in [0.25, 0.3) is 0 Å². The smallest absolute Gasteiger partial charge is 0.328 e. The Bertz CT molecular complexity index is 394. The summed E-state index contributed by atoms with van der Waals surface area (Å²) in [5.41, 5.74) is 0.430. The number of hydrogen-bond acceptors (Lipinski definition) is 4. The number of carboxylic acids is 1. The summed E-state index contributed by atoms with van der Waals surface area (Å²) in [5, 5.41) is 22.4. The predicted molar refractivity (Wildman–Crippen MR) is 59.5 cm³/mol. The van der Waals surface area contributed by atoms with Gasteiger partial charge in [-0.3, -0.25) is 4.98 Å². The van der Waals surface area contributed by atoms with E-state index in [0.29, 0.717) is 5.69 Å². The Morgan fingerprint density at radius 1 is 1.47 bits per heavy atom. The topological polar surface area (TPSA) is 112 Å². The van der Waals surface area contributed by atoms with Gasteiger partial charge in [-0.25, -0.2) is 9.59 Å². The van der Waals surface area contributed by atoms with Gasteiger partial charge in [0.05, 0.1) is 18.0 Å². The van der Waals surface area contributed by atoms with Crippen LogP contribution in [0.1, 0.15) is 6.92 Å². The summed E-state index contributed by atoms with van der Waals surface area (Å²) < 4.78 is 0. The van der Waals surface area contributed by atoms with Gasteiger partial charge in [0.15, 0.2) is 6.04 Å². The molecule has 0 bridgehead atoms. The van der Waals surface area contributed by atoms with E-state index in [0.717, 1.165) is 0 Å². The monoisotopic (exact) mass is 239 g/mol. The Balaban J connectivity index is 2.57. The number of nitrogens with one attached hydrogen (secondary N) is 2. The summed E-state index contributed by atoms with van der Waals surface area (Å²) in [7, 11) is 0. The van der Waals surface area contributed by atoms with Crippen molar-refractivity contribution in [2.45, 2.75) is 19.1 Å². The molecule has 1 heterocycles. The quantitative estimate of drug-likeness (QED) is 0.592. The maximum absolute atomic E-state index is 11.4. The molecule has 2 unspecified atom stereocenters. The largest absolute Gasteiger partial charge is 0.480 e. The molecule has 1 aromatic rings. The van der Waals surface area contributed by atoms with E-state index in [1.807, 2.05) is 0 Å². The first-order chi connectivity index (χ1) is 8.00. The Kier molecular flexibility index (Phi) is 4.41. The molecule has 1 aromatic heterocycles. The number of urea groups is 1. The fourth-order valence-corrected chi connectivity index (χ4v) is 1.13. The lowest BCUT2D eigenvalue weighted by molar-refractivity contribution is -0.141. The molecule has 7 heteroatoms. The SMILES string of the molecule is CC(O)C(NC(=O)Nc1cccnc1)C(=O)O. The summed E-state index contributed by atoms with van der Waals surface area (Å²) in [4.78, 5) is 25.9. The van der Waals surface area contributed by atoms with E-state index in [-0.39, 0.29) is 0 Å². The molecule has 0 saturated heterocycles. The number of anilines is 1. The van der Waals surface area contributed by atoms with Crippen molar-refractivity contribution in [1.82, 2.24) is 10.3 Å². The molecule has 1 rings (SSSR count). The lowest BCUT2D eigenvalue weighted by atomic mass is 10.2. The number of carbonyl (C=O) groups is 2. The first-order valence-corrected chi connectivity index (χ1v) is 4.89. The van der Waals surface area contributed by atoms with Crippen LogP contribution in [0.3, 0.4) is 0 Å². The summed E-state index contributed by atoms with van der Waals surface area (Å²) in [6, 6.07) is 1.15. The van der Waals surface area contributed by atoms with Crippen LogP contribution in [-0.4, -0.2) is 39.3 Å². The molecule has 4 N–H and O–H groups in total. The van der Waals surface area contributed by atoms with Crippen molar-refractivity contribution in [3.63, 3.8) is 0 Å². The van der Waals surface area contributed by atoms with E-state index in [2.05, 4.69) is 15.6 Å². The number of carboxylic acid groups (broad SMARTS) is 1. The summed E-state index contributed by atoms with van der Waals surface area (Å²) in [5.74, 6) is -1.30. The van der Waals surface area contributed by atoms with Gasteiger partial charge in [-0.1, -0.05) is 0 Å². The first kappa shape index (κ1) is 12.9. The molecule has 7 nitrogen and oxygen atoms in total. The summed E-state index contributed by atoms with van der Waals surface area (Å²) in [6.45, 7) is 1.28. The van der Waals surface area contributed by atoms with Gasteiger partial charge in [-0.15, -0.1) is 0 Å². The lowest BCUT2D eigenvalue weighted by Crippen LogP contribution is -2.49. The van der Waals surface area contributed by atoms with Crippen molar-refractivity contribution < 1.29 is 19.8 Å². The minimum atomic E-state index is -1.35. The minimum absolute atomic E-state index is 0.430. The van der Waals surface area contributed by atoms with E-state index in [9.17, 15) is 9.59 Å². The summed E-state index contributed by atoms with van der Waals surface area (Å²) >= 11 is 0. The highest BCUT2D eigenvalue weighted by molar-refractivity contribution is 5.92. The molecular formula is C10H13N3O4. The number of aliphatic hydroxyl groups is 1. The molecule has 0 saturated carbocycles. The second-order valence-corrected chi connectivity index (χ2v) is 3.40. The van der Waals surface area contributed by atoms with E-state index < -0.39 is 24.1 Å². The highest BCUT2D eigenvalue weighted by atomic mass is 16.4. The van der Waals surface area contributed by atoms with Crippen molar-refractivity contribution in [3.8, 4) is 0 Å². The van der Waals surface area contributed by atoms with E-state index in [4.69, 9.17) is 10.2 Å². The number of aliphatic hydroxyl groups excluding tert-OH is 1. The van der Waals surface area contributed by atoms with Crippen molar-refractivity contribution in [3.05, 3.63) is 24.5 Å². The van der Waals surface area contributed by atoms with Crippen LogP contribution >= 0.6 is 0 Å². The third-order valence-corrected chi connectivity index (χ3v) is 1.95. The van der Waals surface area contributed by atoms with Gasteiger partial charge < -0.3 is 20.8 Å². The normalized spacial score (nSPS) is 13.5. The zero-order valence-electron chi connectivity index (χ0n) is 9.12. The maximum Gasteiger partial charge on any atom is 0.328 e. The van der Waals surface area contributed by atoms with Gasteiger partial charge in [0.1, 0.15) is 0 Å². The Labute approximate surface area is 97.5 Å². The molecule has 0 aliphatic carbocycles. The van der Waals surface area contributed by atoms with Gasteiger partial charge in [0.2, 0.25) is 0 Å². The second-order valence-electron chi connectivity index (χ2n) is 3.40. The van der Waals surface area contributed by atoms with Gasteiger partial charge in [-0.2, -0.15) is 0 Å². The number of rotatable bonds is 4. The number of aliphatic carboxylic acids is 1. The molecule has 0 radical (unpaired) electrons. The fraction of sp³-hybridized carbons (Fsp3) is 0.300. The third-order valence-electron chi connectivity index (χ3n) is 1.95. The first-order valence-electron chi connectivity index (χ1n) is 4.89. The zero-order valence-corrected chi connectivity index (χ0v) is 9.12. The average molecular weight is 239 g/mol. The van der Waals surface area contributed by atoms with Crippen LogP contribution in [0.15, 0.2) is 24.5 Å². The zero-order chi connectivity index (χ0) is 12.8. The second kappa shape index (κ2) is 5.80. The molecule has 92 valence electrons. The van der Waals surface area contributed by atoms with Crippen LogP contribution in [0.5, 0.6) is 0 Å². The van der Waals surface area contributed by atoms with Gasteiger partial charge in [0.25, 0.3) is 0 Å². The Morgan fingerprint density at radius 3 is 2.65 bits per heavy atom. The maximum atomic E-state index is 11.4. The van der Waals surface area contributed by atoms with Gasteiger partial charge in [-0.05, 0) is 19.1 Å². The summed E-state index contributed by atoms with van der Waals surface area (Å²) in [6.07, 6.45) is 1.77. The van der Waals surface area contributed by atoms with Crippen molar-refractivity contribution in [2.75, 3.05) is 5.32 Å². The molecule has 0 fully saturated rings. The average Bonchev–Trinajstić information content (AvgIpc) is 2.26. The predicted octanol–water partition coefficient (Wildman–Crippen LogP) is 0.0371. The van der Waals surface area contributed by atoms with Crippen molar-refractivity contribution in [1.29, 1.82) is 0 Å². The molecular weight excluding hydrogens is 226 g/mol. The molecule has 0 aliphatic heterocycles. The molecule has 0 aliphatic rings. The van der Waals surface area contributed by atoms with Crippen LogP contribution in [0.2, 0.25) is 0 Å². The highest BCUT2D eigenvalue weighted by Gasteiger charge is 2.24. The van der Waals surface area contributed by atoms with Gasteiger partial charge in [0, 0.05) is 6.20 Å². The molecule has 17 heavy (non-hydrogen) atoms. The lowest BCUT2D eigenvalue weighted by Gasteiger charge is -2.17. The van der Waals surface area contributed by atoms with Crippen molar-refractivity contribution in [2.24, 2.45) is 0 Å². The molecule has 2 amide bonds. The highest BCUT2D eigenvalue weighted by Crippen LogP contribution is 2.02. The van der Waals surface area contributed by atoms with E-state index in [1.165, 1.54) is 13.1 Å². The minimum Gasteiger partial charge on any atom is -0.480 e. The third kappa shape index (κ3) is 4.07. The van der Waals surface area contributed by atoms with Crippen LogP contribution in [0, 0.1) is 0 Å². The number of amides is 2. The number of hydrogen-bond donors (Lipinski definition) is 4. The number of pyridine rings is 1. The van der Waals surface area contributed by atoms with Crippen LogP contribution in [-0.2, 0) is 4.79 Å². The number of carbonyl (C=O) groups excluding carboxylic acids is 1.